The number of terminal acetylenes is 1. The Hall–Kier alpha value is -4.57. The Balaban J connectivity index is 1.80. The highest BCUT2D eigenvalue weighted by molar-refractivity contribution is 5.93. The largest absolute Gasteiger partial charge is 0.481 e. The van der Waals surface area contributed by atoms with Crippen LogP contribution in [-0.4, -0.2) is 32.8 Å². The highest BCUT2D eigenvalue weighted by Gasteiger charge is 2.29. The van der Waals surface area contributed by atoms with E-state index < -0.39 is 17.3 Å². The molecule has 0 saturated carbocycles. The minimum Gasteiger partial charge on any atom is -0.481 e. The summed E-state index contributed by atoms with van der Waals surface area (Å²) in [5, 5.41) is 10.1. The van der Waals surface area contributed by atoms with Gasteiger partial charge in [0.2, 0.25) is 0 Å². The molecule has 4 rings (SSSR count). The summed E-state index contributed by atoms with van der Waals surface area (Å²) in [6.07, 6.45) is 5.37. The first-order valence-corrected chi connectivity index (χ1v) is 12.3. The first kappa shape index (κ1) is 26.5. The summed E-state index contributed by atoms with van der Waals surface area (Å²) in [5.74, 6) is 2.75. The zero-order valence-electron chi connectivity index (χ0n) is 21.9. The van der Waals surface area contributed by atoms with Gasteiger partial charge in [-0.05, 0) is 61.2 Å². The molecule has 0 atom stereocenters. The topological polar surface area (TPSA) is 90.6 Å². The van der Waals surface area contributed by atoms with Crippen LogP contribution in [0.25, 0.3) is 22.2 Å². The molecule has 3 aromatic carbocycles. The summed E-state index contributed by atoms with van der Waals surface area (Å²) >= 11 is 0. The van der Waals surface area contributed by atoms with Gasteiger partial charge in [-0.2, -0.15) is 4.98 Å². The number of carboxylic acid groups (broad SMARTS) is 1. The lowest BCUT2D eigenvalue weighted by molar-refractivity contribution is -0.152. The molecule has 0 fully saturated rings. The van der Waals surface area contributed by atoms with Crippen LogP contribution in [0.4, 0.5) is 0 Å². The molecule has 194 valence electrons. The standard InChI is InChI=1S/C31H30N2O5/c1-6-16-37-24-14-15-27-26(18-24)28(23-12-10-22(11-13-23)20(2)3)32-30(36)33(27)19-21-8-7-9-25(17-21)38-31(4,5)29(34)35/h1,7-15,17-18,20H,16,19H2,2-5H3,(H,34,35). The highest BCUT2D eigenvalue weighted by Crippen LogP contribution is 2.30. The van der Waals surface area contributed by atoms with E-state index in [2.05, 4.69) is 24.8 Å². The average Bonchev–Trinajstić information content (AvgIpc) is 2.88. The number of carbonyl (C=O) groups is 1. The van der Waals surface area contributed by atoms with E-state index in [4.69, 9.17) is 15.9 Å². The van der Waals surface area contributed by atoms with Gasteiger partial charge in [0, 0.05) is 10.9 Å². The molecular formula is C31H30N2O5. The normalized spacial score (nSPS) is 11.4. The molecule has 0 aliphatic rings. The number of benzene rings is 3. The lowest BCUT2D eigenvalue weighted by Gasteiger charge is -2.22. The maximum absolute atomic E-state index is 13.4. The molecule has 0 amide bonds. The van der Waals surface area contributed by atoms with Gasteiger partial charge < -0.3 is 14.6 Å². The van der Waals surface area contributed by atoms with Crippen molar-refractivity contribution in [1.82, 2.24) is 9.55 Å². The first-order valence-electron chi connectivity index (χ1n) is 12.3. The van der Waals surface area contributed by atoms with Crippen LogP contribution in [0.2, 0.25) is 0 Å². The van der Waals surface area contributed by atoms with Crippen LogP contribution >= 0.6 is 0 Å². The van der Waals surface area contributed by atoms with Crippen LogP contribution in [-0.2, 0) is 11.3 Å². The van der Waals surface area contributed by atoms with Crippen molar-refractivity contribution >= 4 is 16.9 Å². The van der Waals surface area contributed by atoms with Crippen LogP contribution in [0, 0.1) is 12.3 Å². The van der Waals surface area contributed by atoms with E-state index in [1.54, 1.807) is 28.8 Å². The van der Waals surface area contributed by atoms with Gasteiger partial charge in [-0.1, -0.05) is 56.2 Å². The third-order valence-electron chi connectivity index (χ3n) is 6.25. The van der Waals surface area contributed by atoms with Crippen LogP contribution in [0.3, 0.4) is 0 Å². The van der Waals surface area contributed by atoms with Gasteiger partial charge >= 0.3 is 11.7 Å². The average molecular weight is 511 g/mol. The Morgan fingerprint density at radius 1 is 1.08 bits per heavy atom. The SMILES string of the molecule is C#CCOc1ccc2c(c1)c(-c1ccc(C(C)C)cc1)nc(=O)n2Cc1cccc(OC(C)(C)C(=O)O)c1. The van der Waals surface area contributed by atoms with E-state index in [1.807, 2.05) is 42.5 Å². The first-order chi connectivity index (χ1) is 18.1. The Kier molecular flexibility index (Phi) is 7.54. The minimum atomic E-state index is -1.40. The number of ether oxygens (including phenoxy) is 2. The quantitative estimate of drug-likeness (QED) is 0.300. The van der Waals surface area contributed by atoms with Crippen molar-refractivity contribution in [2.75, 3.05) is 6.61 Å². The van der Waals surface area contributed by atoms with Crippen molar-refractivity contribution in [2.45, 2.75) is 45.8 Å². The molecule has 1 heterocycles. The lowest BCUT2D eigenvalue weighted by atomic mass is 9.99. The second-order valence-electron chi connectivity index (χ2n) is 9.84. The molecule has 1 aromatic heterocycles. The van der Waals surface area contributed by atoms with Crippen LogP contribution in [0.5, 0.6) is 11.5 Å². The predicted octanol–water partition coefficient (Wildman–Crippen LogP) is 5.49. The number of rotatable bonds is 9. The smallest absolute Gasteiger partial charge is 0.348 e. The summed E-state index contributed by atoms with van der Waals surface area (Å²) in [6.45, 7) is 7.55. The fourth-order valence-corrected chi connectivity index (χ4v) is 4.10. The Bertz CT molecular complexity index is 1580. The van der Waals surface area contributed by atoms with Crippen molar-refractivity contribution < 1.29 is 19.4 Å². The van der Waals surface area contributed by atoms with E-state index in [-0.39, 0.29) is 13.2 Å². The summed E-state index contributed by atoms with van der Waals surface area (Å²) in [5.41, 5.74) is 2.21. The van der Waals surface area contributed by atoms with Gasteiger partial charge in [0.1, 0.15) is 18.1 Å². The van der Waals surface area contributed by atoms with E-state index >= 15 is 0 Å². The number of nitrogens with zero attached hydrogens (tertiary/aromatic N) is 2. The summed E-state index contributed by atoms with van der Waals surface area (Å²) in [7, 11) is 0. The second kappa shape index (κ2) is 10.8. The molecule has 0 bridgehead atoms. The fourth-order valence-electron chi connectivity index (χ4n) is 4.10. The van der Waals surface area contributed by atoms with Crippen molar-refractivity contribution in [2.24, 2.45) is 0 Å². The molecule has 0 unspecified atom stereocenters. The number of hydrogen-bond acceptors (Lipinski definition) is 5. The third-order valence-corrected chi connectivity index (χ3v) is 6.25. The fraction of sp³-hybridized carbons (Fsp3) is 0.258. The van der Waals surface area contributed by atoms with Crippen LogP contribution in [0.15, 0.2) is 71.5 Å². The number of aromatic nitrogens is 2. The molecule has 7 nitrogen and oxygen atoms in total. The molecule has 0 spiro atoms. The Labute approximate surface area is 221 Å². The van der Waals surface area contributed by atoms with Gasteiger partial charge in [-0.25, -0.2) is 9.59 Å². The van der Waals surface area contributed by atoms with Gasteiger partial charge in [-0.15, -0.1) is 6.42 Å². The van der Waals surface area contributed by atoms with E-state index in [0.29, 0.717) is 28.6 Å². The molecular weight excluding hydrogens is 480 g/mol. The molecule has 38 heavy (non-hydrogen) atoms. The van der Waals surface area contributed by atoms with Crippen molar-refractivity contribution in [3.8, 4) is 35.1 Å². The number of carboxylic acids is 1. The molecule has 1 N–H and O–H groups in total. The monoisotopic (exact) mass is 510 g/mol. The third kappa shape index (κ3) is 5.70. The molecule has 0 radical (unpaired) electrons. The van der Waals surface area contributed by atoms with Gasteiger partial charge in [-0.3, -0.25) is 4.57 Å². The predicted molar refractivity (Wildman–Crippen MR) is 148 cm³/mol. The minimum absolute atomic E-state index is 0.122. The van der Waals surface area contributed by atoms with Crippen LogP contribution < -0.4 is 15.2 Å². The molecule has 4 aromatic rings. The second-order valence-corrected chi connectivity index (χ2v) is 9.84. The Morgan fingerprint density at radius 2 is 1.82 bits per heavy atom. The highest BCUT2D eigenvalue weighted by atomic mass is 16.5. The van der Waals surface area contributed by atoms with Gasteiger partial charge in [0.05, 0.1) is 17.8 Å². The van der Waals surface area contributed by atoms with Crippen molar-refractivity contribution in [3.05, 3.63) is 88.3 Å². The van der Waals surface area contributed by atoms with Gasteiger partial charge in [0.25, 0.3) is 0 Å². The molecule has 7 heteroatoms. The van der Waals surface area contributed by atoms with E-state index in [0.717, 1.165) is 16.5 Å². The van der Waals surface area contributed by atoms with E-state index in [9.17, 15) is 14.7 Å². The Morgan fingerprint density at radius 3 is 2.47 bits per heavy atom. The van der Waals surface area contributed by atoms with Crippen molar-refractivity contribution in [3.63, 3.8) is 0 Å². The van der Waals surface area contributed by atoms with Crippen LogP contribution in [0.1, 0.15) is 44.7 Å². The lowest BCUT2D eigenvalue weighted by Crippen LogP contribution is -2.37. The molecule has 0 aliphatic carbocycles. The van der Waals surface area contributed by atoms with E-state index in [1.165, 1.54) is 19.4 Å². The zero-order valence-corrected chi connectivity index (χ0v) is 21.9. The molecule has 0 aliphatic heterocycles. The van der Waals surface area contributed by atoms with Crippen molar-refractivity contribution in [1.29, 1.82) is 0 Å². The maximum atomic E-state index is 13.4. The number of fused-ring (bicyclic) bond motifs is 1. The molecule has 0 saturated heterocycles. The maximum Gasteiger partial charge on any atom is 0.348 e. The van der Waals surface area contributed by atoms with Gasteiger partial charge in [0.15, 0.2) is 5.60 Å². The number of hydrogen-bond donors (Lipinski definition) is 1. The zero-order chi connectivity index (χ0) is 27.4. The summed E-state index contributed by atoms with van der Waals surface area (Å²) < 4.78 is 12.9. The summed E-state index contributed by atoms with van der Waals surface area (Å²) in [6, 6.07) is 20.5. The number of aliphatic carboxylic acids is 1. The summed E-state index contributed by atoms with van der Waals surface area (Å²) in [4.78, 5) is 29.3.